The number of hydrogen-bond acceptors (Lipinski definition) is 2. The third-order valence-corrected chi connectivity index (χ3v) is 2.40. The molecule has 3 heteroatoms. The zero-order chi connectivity index (χ0) is 11.9. The standard InChI is InChI=1S/C12H22N2O/c1-6-8-10(3)13-9-11(15)14-12(4,5)7-2/h1,10,13H,7-9H2,2-5H3,(H,14,15). The molecule has 0 spiro atoms. The molecule has 0 bridgehead atoms. The molecule has 2 N–H and O–H groups in total. The Morgan fingerprint density at radius 3 is 2.60 bits per heavy atom. The van der Waals surface area contributed by atoms with E-state index < -0.39 is 0 Å². The van der Waals surface area contributed by atoms with Gasteiger partial charge in [-0.2, -0.15) is 0 Å². The van der Waals surface area contributed by atoms with Gasteiger partial charge in [0.05, 0.1) is 6.54 Å². The van der Waals surface area contributed by atoms with Crippen molar-refractivity contribution in [3.05, 3.63) is 0 Å². The Morgan fingerprint density at radius 1 is 1.53 bits per heavy atom. The Morgan fingerprint density at radius 2 is 2.13 bits per heavy atom. The summed E-state index contributed by atoms with van der Waals surface area (Å²) in [6.07, 6.45) is 6.73. The number of carbonyl (C=O) groups excluding carboxylic acids is 1. The number of rotatable bonds is 6. The average molecular weight is 210 g/mol. The van der Waals surface area contributed by atoms with Gasteiger partial charge < -0.3 is 10.6 Å². The third kappa shape index (κ3) is 6.98. The summed E-state index contributed by atoms with van der Waals surface area (Å²) in [5.41, 5.74) is -0.131. The van der Waals surface area contributed by atoms with E-state index in [9.17, 15) is 4.79 Å². The number of carbonyl (C=O) groups is 1. The molecule has 0 saturated heterocycles. The lowest BCUT2D eigenvalue weighted by Gasteiger charge is -2.25. The van der Waals surface area contributed by atoms with Crippen LogP contribution in [0.4, 0.5) is 0 Å². The molecular formula is C12H22N2O. The van der Waals surface area contributed by atoms with Crippen LogP contribution in [0.1, 0.15) is 40.5 Å². The number of nitrogens with one attached hydrogen (secondary N) is 2. The van der Waals surface area contributed by atoms with Crippen LogP contribution in [0.3, 0.4) is 0 Å². The van der Waals surface area contributed by atoms with Gasteiger partial charge in [-0.05, 0) is 27.2 Å². The number of hydrogen-bond donors (Lipinski definition) is 2. The minimum atomic E-state index is -0.131. The van der Waals surface area contributed by atoms with Crippen molar-refractivity contribution in [2.75, 3.05) is 6.54 Å². The summed E-state index contributed by atoms with van der Waals surface area (Å²) < 4.78 is 0. The maximum atomic E-state index is 11.5. The highest BCUT2D eigenvalue weighted by Gasteiger charge is 2.17. The highest BCUT2D eigenvalue weighted by Crippen LogP contribution is 2.05. The minimum Gasteiger partial charge on any atom is -0.350 e. The zero-order valence-corrected chi connectivity index (χ0v) is 10.2. The first-order valence-corrected chi connectivity index (χ1v) is 5.39. The molecule has 1 atom stereocenters. The molecule has 0 aromatic heterocycles. The van der Waals surface area contributed by atoms with Crippen molar-refractivity contribution in [3.63, 3.8) is 0 Å². The Balaban J connectivity index is 3.81. The molecule has 0 aromatic rings. The predicted octanol–water partition coefficient (Wildman–Crippen LogP) is 1.29. The van der Waals surface area contributed by atoms with Gasteiger partial charge in [-0.1, -0.05) is 6.92 Å². The fraction of sp³-hybridized carbons (Fsp3) is 0.750. The summed E-state index contributed by atoms with van der Waals surface area (Å²) in [5.74, 6) is 2.58. The van der Waals surface area contributed by atoms with Crippen LogP contribution in [0.2, 0.25) is 0 Å². The Hall–Kier alpha value is -1.01. The highest BCUT2D eigenvalue weighted by atomic mass is 16.2. The minimum absolute atomic E-state index is 0.0192. The molecule has 0 fully saturated rings. The smallest absolute Gasteiger partial charge is 0.234 e. The number of terminal acetylenes is 1. The SMILES string of the molecule is C#CCC(C)NCC(=O)NC(C)(C)CC. The summed E-state index contributed by atoms with van der Waals surface area (Å²) >= 11 is 0. The largest absolute Gasteiger partial charge is 0.350 e. The summed E-state index contributed by atoms with van der Waals surface area (Å²) in [5, 5.41) is 6.03. The zero-order valence-electron chi connectivity index (χ0n) is 10.2. The topological polar surface area (TPSA) is 41.1 Å². The first kappa shape index (κ1) is 14.0. The second kappa shape index (κ2) is 6.47. The van der Waals surface area contributed by atoms with Crippen LogP contribution >= 0.6 is 0 Å². The molecule has 1 amide bonds. The second-order valence-corrected chi connectivity index (χ2v) is 4.48. The fourth-order valence-electron chi connectivity index (χ4n) is 1.03. The van der Waals surface area contributed by atoms with Crippen LogP contribution in [0.5, 0.6) is 0 Å². The molecule has 0 radical (unpaired) electrons. The lowest BCUT2D eigenvalue weighted by molar-refractivity contribution is -0.121. The van der Waals surface area contributed by atoms with Gasteiger partial charge in [0.25, 0.3) is 0 Å². The summed E-state index contributed by atoms with van der Waals surface area (Å²) in [6.45, 7) is 8.37. The van der Waals surface area contributed by atoms with E-state index in [0.717, 1.165) is 6.42 Å². The molecule has 86 valence electrons. The van der Waals surface area contributed by atoms with Gasteiger partial charge >= 0.3 is 0 Å². The summed E-state index contributed by atoms with van der Waals surface area (Å²) in [6, 6.07) is 0.186. The fourth-order valence-corrected chi connectivity index (χ4v) is 1.03. The van der Waals surface area contributed by atoms with Gasteiger partial charge in [-0.3, -0.25) is 4.79 Å². The van der Waals surface area contributed by atoms with Crippen LogP contribution in [0, 0.1) is 12.3 Å². The molecule has 0 saturated carbocycles. The van der Waals surface area contributed by atoms with Crippen molar-refractivity contribution in [2.24, 2.45) is 0 Å². The monoisotopic (exact) mass is 210 g/mol. The van der Waals surface area contributed by atoms with E-state index in [1.165, 1.54) is 0 Å². The third-order valence-electron chi connectivity index (χ3n) is 2.40. The van der Waals surface area contributed by atoms with Crippen LogP contribution < -0.4 is 10.6 Å². The molecule has 0 heterocycles. The van der Waals surface area contributed by atoms with Gasteiger partial charge in [0, 0.05) is 18.0 Å². The Kier molecular flexibility index (Phi) is 6.03. The highest BCUT2D eigenvalue weighted by molar-refractivity contribution is 5.78. The van der Waals surface area contributed by atoms with Crippen molar-refractivity contribution in [2.45, 2.75) is 52.1 Å². The second-order valence-electron chi connectivity index (χ2n) is 4.48. The molecule has 0 aliphatic rings. The van der Waals surface area contributed by atoms with Crippen molar-refractivity contribution < 1.29 is 4.79 Å². The van der Waals surface area contributed by atoms with Crippen LogP contribution in [0.15, 0.2) is 0 Å². The van der Waals surface area contributed by atoms with Gasteiger partial charge in [-0.15, -0.1) is 12.3 Å². The van der Waals surface area contributed by atoms with Crippen LogP contribution in [-0.4, -0.2) is 24.0 Å². The van der Waals surface area contributed by atoms with Gasteiger partial charge in [0.1, 0.15) is 0 Å². The molecule has 15 heavy (non-hydrogen) atoms. The van der Waals surface area contributed by atoms with Gasteiger partial charge in [-0.25, -0.2) is 0 Å². The van der Waals surface area contributed by atoms with Gasteiger partial charge in [0.15, 0.2) is 0 Å². The van der Waals surface area contributed by atoms with Crippen LogP contribution in [0.25, 0.3) is 0 Å². The maximum absolute atomic E-state index is 11.5. The van der Waals surface area contributed by atoms with Crippen molar-refractivity contribution in [1.29, 1.82) is 0 Å². The lowest BCUT2D eigenvalue weighted by Crippen LogP contribution is -2.47. The quantitative estimate of drug-likeness (QED) is 0.649. The first-order chi connectivity index (χ1) is 6.91. The van der Waals surface area contributed by atoms with E-state index in [2.05, 4.69) is 23.5 Å². The number of amides is 1. The Bertz CT molecular complexity index is 240. The molecule has 0 rings (SSSR count). The van der Waals surface area contributed by atoms with Crippen molar-refractivity contribution in [3.8, 4) is 12.3 Å². The van der Waals surface area contributed by atoms with E-state index in [-0.39, 0.29) is 17.5 Å². The van der Waals surface area contributed by atoms with E-state index in [0.29, 0.717) is 13.0 Å². The molecule has 0 aliphatic carbocycles. The van der Waals surface area contributed by atoms with Crippen LogP contribution in [-0.2, 0) is 4.79 Å². The normalized spacial score (nSPS) is 13.0. The molecule has 1 unspecified atom stereocenters. The van der Waals surface area contributed by atoms with E-state index >= 15 is 0 Å². The van der Waals surface area contributed by atoms with Crippen molar-refractivity contribution in [1.82, 2.24) is 10.6 Å². The Labute approximate surface area is 93.0 Å². The molecule has 3 nitrogen and oxygen atoms in total. The van der Waals surface area contributed by atoms with Crippen molar-refractivity contribution >= 4 is 5.91 Å². The maximum Gasteiger partial charge on any atom is 0.234 e. The van der Waals surface area contributed by atoms with E-state index in [4.69, 9.17) is 6.42 Å². The summed E-state index contributed by atoms with van der Waals surface area (Å²) in [7, 11) is 0. The van der Waals surface area contributed by atoms with E-state index in [1.807, 2.05) is 20.8 Å². The molecule has 0 aromatic carbocycles. The molecular weight excluding hydrogens is 188 g/mol. The van der Waals surface area contributed by atoms with E-state index in [1.54, 1.807) is 0 Å². The predicted molar refractivity (Wildman–Crippen MR) is 63.4 cm³/mol. The van der Waals surface area contributed by atoms with Gasteiger partial charge in [0.2, 0.25) is 5.91 Å². The lowest BCUT2D eigenvalue weighted by atomic mass is 10.0. The average Bonchev–Trinajstić information content (AvgIpc) is 2.15. The first-order valence-electron chi connectivity index (χ1n) is 5.39. The summed E-state index contributed by atoms with van der Waals surface area (Å²) in [4.78, 5) is 11.5. The molecule has 0 aliphatic heterocycles.